The van der Waals surface area contributed by atoms with Gasteiger partial charge in [0.25, 0.3) is 0 Å². The van der Waals surface area contributed by atoms with Crippen molar-refractivity contribution >= 4 is 38.7 Å². The zero-order valence-corrected chi connectivity index (χ0v) is 17.2. The molecule has 3 aromatic carbocycles. The van der Waals surface area contributed by atoms with Crippen LogP contribution in [0.15, 0.2) is 60.7 Å². The number of hydrogen-bond acceptors (Lipinski definition) is 4. The molecule has 1 aliphatic carbocycles. The predicted molar refractivity (Wildman–Crippen MR) is 120 cm³/mol. The second-order valence-corrected chi connectivity index (χ2v) is 7.29. The highest BCUT2D eigenvalue weighted by Crippen LogP contribution is 2.46. The Bertz CT molecular complexity index is 1200. The molecule has 0 unspecified atom stereocenters. The molecule has 0 fully saturated rings. The van der Waals surface area contributed by atoms with Crippen molar-refractivity contribution in [3.63, 3.8) is 0 Å². The van der Waals surface area contributed by atoms with Gasteiger partial charge in [-0.3, -0.25) is 9.59 Å². The number of ether oxygens (including phenoxy) is 2. The SMILES string of the molecule is CCCOc1c2ccccc2c(OCCC)c2c(C3=CC(=O)C=CC3=O)cccc12. The number of hydrogen-bond donors (Lipinski definition) is 0. The Labute approximate surface area is 175 Å². The summed E-state index contributed by atoms with van der Waals surface area (Å²) in [6.45, 7) is 5.26. The summed E-state index contributed by atoms with van der Waals surface area (Å²) in [6.07, 6.45) is 5.78. The molecule has 4 heteroatoms. The molecule has 0 heterocycles. The highest BCUT2D eigenvalue weighted by atomic mass is 16.5. The monoisotopic (exact) mass is 400 g/mol. The van der Waals surface area contributed by atoms with Gasteiger partial charge in [-0.15, -0.1) is 0 Å². The van der Waals surface area contributed by atoms with E-state index in [-0.39, 0.29) is 11.6 Å². The maximum atomic E-state index is 12.7. The summed E-state index contributed by atoms with van der Waals surface area (Å²) in [5, 5.41) is 3.59. The molecule has 0 spiro atoms. The molecule has 3 aromatic rings. The number of allylic oxidation sites excluding steroid dienone is 4. The lowest BCUT2D eigenvalue weighted by atomic mass is 9.89. The van der Waals surface area contributed by atoms with E-state index in [1.165, 1.54) is 18.2 Å². The topological polar surface area (TPSA) is 52.6 Å². The van der Waals surface area contributed by atoms with Crippen LogP contribution in [0.3, 0.4) is 0 Å². The van der Waals surface area contributed by atoms with Gasteiger partial charge in [0.15, 0.2) is 11.6 Å². The van der Waals surface area contributed by atoms with Crippen LogP contribution in [0.2, 0.25) is 0 Å². The summed E-state index contributed by atoms with van der Waals surface area (Å²) in [5.41, 5.74) is 1.07. The third-order valence-corrected chi connectivity index (χ3v) is 5.09. The van der Waals surface area contributed by atoms with Gasteiger partial charge in [-0.2, -0.15) is 0 Å². The van der Waals surface area contributed by atoms with E-state index in [9.17, 15) is 9.59 Å². The van der Waals surface area contributed by atoms with Gasteiger partial charge in [0, 0.05) is 27.1 Å². The van der Waals surface area contributed by atoms with Crippen molar-refractivity contribution in [1.82, 2.24) is 0 Å². The third kappa shape index (κ3) is 3.50. The van der Waals surface area contributed by atoms with Crippen molar-refractivity contribution in [2.24, 2.45) is 0 Å². The lowest BCUT2D eigenvalue weighted by Gasteiger charge is -2.20. The number of ketones is 2. The van der Waals surface area contributed by atoms with Gasteiger partial charge in [0.05, 0.1) is 13.2 Å². The molecule has 0 aromatic heterocycles. The lowest BCUT2D eigenvalue weighted by molar-refractivity contribution is -0.113. The Morgan fingerprint density at radius 3 is 2.07 bits per heavy atom. The average Bonchev–Trinajstić information content (AvgIpc) is 2.77. The van der Waals surface area contributed by atoms with E-state index < -0.39 is 0 Å². The lowest BCUT2D eigenvalue weighted by Crippen LogP contribution is -2.08. The molecule has 0 N–H and O–H groups in total. The summed E-state index contributed by atoms with van der Waals surface area (Å²) in [5.74, 6) is 1.12. The van der Waals surface area contributed by atoms with E-state index in [1.807, 2.05) is 42.5 Å². The number of rotatable bonds is 7. The molecule has 1 aliphatic rings. The molecular formula is C26H24O4. The molecule has 0 bridgehead atoms. The quantitative estimate of drug-likeness (QED) is 0.379. The Balaban J connectivity index is 2.11. The minimum Gasteiger partial charge on any atom is -0.492 e. The first-order valence-corrected chi connectivity index (χ1v) is 10.4. The summed E-state index contributed by atoms with van der Waals surface area (Å²) in [4.78, 5) is 24.7. The number of benzene rings is 3. The fourth-order valence-corrected chi connectivity index (χ4v) is 3.80. The van der Waals surface area contributed by atoms with Crippen LogP contribution in [0.25, 0.3) is 27.1 Å². The zero-order chi connectivity index (χ0) is 21.1. The number of carbonyl (C=O) groups excluding carboxylic acids is 2. The van der Waals surface area contributed by atoms with Crippen LogP contribution >= 0.6 is 0 Å². The van der Waals surface area contributed by atoms with Crippen molar-refractivity contribution in [2.75, 3.05) is 13.2 Å². The minimum absolute atomic E-state index is 0.187. The van der Waals surface area contributed by atoms with Gasteiger partial charge >= 0.3 is 0 Å². The minimum atomic E-state index is -0.194. The molecular weight excluding hydrogens is 376 g/mol. The van der Waals surface area contributed by atoms with Crippen LogP contribution in [0, 0.1) is 0 Å². The van der Waals surface area contributed by atoms with Crippen LogP contribution in [0.5, 0.6) is 11.5 Å². The van der Waals surface area contributed by atoms with Crippen molar-refractivity contribution in [1.29, 1.82) is 0 Å². The number of carbonyl (C=O) groups is 2. The second-order valence-electron chi connectivity index (χ2n) is 7.29. The third-order valence-electron chi connectivity index (χ3n) is 5.09. The Hall–Kier alpha value is -3.40. The molecule has 0 amide bonds. The zero-order valence-electron chi connectivity index (χ0n) is 17.2. The first kappa shape index (κ1) is 19.9. The summed E-state index contributed by atoms with van der Waals surface area (Å²) in [7, 11) is 0. The molecule has 152 valence electrons. The van der Waals surface area contributed by atoms with Gasteiger partial charge in [0.1, 0.15) is 11.5 Å². The van der Waals surface area contributed by atoms with E-state index in [1.54, 1.807) is 0 Å². The van der Waals surface area contributed by atoms with Crippen molar-refractivity contribution in [3.05, 3.63) is 66.3 Å². The normalized spacial score (nSPS) is 13.7. The van der Waals surface area contributed by atoms with Crippen molar-refractivity contribution in [3.8, 4) is 11.5 Å². The van der Waals surface area contributed by atoms with Crippen molar-refractivity contribution in [2.45, 2.75) is 26.7 Å². The fraction of sp³-hybridized carbons (Fsp3) is 0.231. The standard InChI is InChI=1S/C26H24O4/c1-3-14-29-25-19-8-5-6-9-20(19)26(30-15-4-2)24-18(10-7-11-21(24)25)22-16-17(27)12-13-23(22)28/h5-13,16H,3-4,14-15H2,1-2H3. The van der Waals surface area contributed by atoms with Crippen molar-refractivity contribution < 1.29 is 19.1 Å². The van der Waals surface area contributed by atoms with E-state index in [0.29, 0.717) is 24.4 Å². The molecule has 0 radical (unpaired) electrons. The Morgan fingerprint density at radius 1 is 0.733 bits per heavy atom. The first-order chi connectivity index (χ1) is 14.7. The predicted octanol–water partition coefficient (Wildman–Crippen LogP) is 5.66. The van der Waals surface area contributed by atoms with Crippen LogP contribution in [-0.4, -0.2) is 24.8 Å². The summed E-state index contributed by atoms with van der Waals surface area (Å²) >= 11 is 0. The van der Waals surface area contributed by atoms with Gasteiger partial charge in [-0.05, 0) is 36.6 Å². The van der Waals surface area contributed by atoms with E-state index in [4.69, 9.17) is 9.47 Å². The Kier molecular flexibility index (Phi) is 5.66. The Morgan fingerprint density at radius 2 is 1.37 bits per heavy atom. The van der Waals surface area contributed by atoms with Crippen LogP contribution in [-0.2, 0) is 9.59 Å². The van der Waals surface area contributed by atoms with Crippen LogP contribution in [0.1, 0.15) is 32.3 Å². The summed E-state index contributed by atoms with van der Waals surface area (Å²) in [6, 6.07) is 13.7. The van der Waals surface area contributed by atoms with Crippen LogP contribution in [0.4, 0.5) is 0 Å². The first-order valence-electron chi connectivity index (χ1n) is 10.4. The maximum Gasteiger partial charge on any atom is 0.186 e. The smallest absolute Gasteiger partial charge is 0.186 e. The van der Waals surface area contributed by atoms with Gasteiger partial charge in [0.2, 0.25) is 0 Å². The molecule has 0 atom stereocenters. The molecule has 0 aliphatic heterocycles. The molecule has 30 heavy (non-hydrogen) atoms. The van der Waals surface area contributed by atoms with E-state index in [2.05, 4.69) is 13.8 Å². The number of fused-ring (bicyclic) bond motifs is 2. The summed E-state index contributed by atoms with van der Waals surface area (Å²) < 4.78 is 12.4. The van der Waals surface area contributed by atoms with E-state index >= 15 is 0 Å². The molecule has 0 saturated heterocycles. The fourth-order valence-electron chi connectivity index (χ4n) is 3.80. The largest absolute Gasteiger partial charge is 0.492 e. The second kappa shape index (κ2) is 8.54. The van der Waals surface area contributed by atoms with Gasteiger partial charge in [-0.25, -0.2) is 0 Å². The van der Waals surface area contributed by atoms with Gasteiger partial charge < -0.3 is 9.47 Å². The van der Waals surface area contributed by atoms with Gasteiger partial charge in [-0.1, -0.05) is 56.3 Å². The average molecular weight is 400 g/mol. The highest BCUT2D eigenvalue weighted by Gasteiger charge is 2.23. The highest BCUT2D eigenvalue weighted by molar-refractivity contribution is 6.36. The molecule has 4 nitrogen and oxygen atoms in total. The maximum absolute atomic E-state index is 12.7. The van der Waals surface area contributed by atoms with Crippen LogP contribution < -0.4 is 9.47 Å². The molecule has 0 saturated carbocycles. The van der Waals surface area contributed by atoms with E-state index in [0.717, 1.165) is 45.9 Å². The molecule has 4 rings (SSSR count).